The Morgan fingerprint density at radius 3 is 2.29 bits per heavy atom. The van der Waals surface area contributed by atoms with Crippen LogP contribution in [0.1, 0.15) is 41.4 Å². The van der Waals surface area contributed by atoms with Crippen molar-refractivity contribution in [1.82, 2.24) is 10.2 Å². The molecule has 34 heavy (non-hydrogen) atoms. The second-order valence-corrected chi connectivity index (χ2v) is 8.63. The van der Waals surface area contributed by atoms with E-state index < -0.39 is 0 Å². The number of rotatable bonds is 8. The highest BCUT2D eigenvalue weighted by atomic mass is 35.5. The molecule has 1 atom stereocenters. The van der Waals surface area contributed by atoms with Gasteiger partial charge in [-0.05, 0) is 55.3 Å². The van der Waals surface area contributed by atoms with Crippen LogP contribution in [0.15, 0.2) is 72.8 Å². The van der Waals surface area contributed by atoms with Crippen molar-refractivity contribution in [2.75, 3.05) is 30.9 Å². The Kier molecular flexibility index (Phi) is 8.55. The lowest BCUT2D eigenvalue weighted by Crippen LogP contribution is -2.41. The van der Waals surface area contributed by atoms with Crippen molar-refractivity contribution < 1.29 is 9.59 Å². The summed E-state index contributed by atoms with van der Waals surface area (Å²) in [4.78, 5) is 29.6. The Morgan fingerprint density at radius 2 is 1.65 bits per heavy atom. The lowest BCUT2D eigenvalue weighted by atomic mass is 10.0. The van der Waals surface area contributed by atoms with E-state index >= 15 is 0 Å². The van der Waals surface area contributed by atoms with E-state index in [0.717, 1.165) is 16.8 Å². The maximum atomic E-state index is 13.0. The van der Waals surface area contributed by atoms with Crippen LogP contribution in [0.4, 0.5) is 16.2 Å². The van der Waals surface area contributed by atoms with Crippen molar-refractivity contribution in [3.05, 3.63) is 94.5 Å². The standard InChI is InChI=1S/C27H31ClN4O2/c1-5-29-27(34)32(19(2)20-11-7-6-8-12-20)18-21-17-22(15-16-25(21)31(3)4)30-26(33)23-13-9-10-14-24(23)28/h6-17,19H,5,18H2,1-4H3,(H,29,34)(H,30,33). The Morgan fingerprint density at radius 1 is 0.971 bits per heavy atom. The first kappa shape index (κ1) is 25.1. The van der Waals surface area contributed by atoms with Gasteiger partial charge in [0.2, 0.25) is 0 Å². The number of halogens is 1. The first-order valence-electron chi connectivity index (χ1n) is 11.3. The fourth-order valence-corrected chi connectivity index (χ4v) is 4.02. The van der Waals surface area contributed by atoms with Gasteiger partial charge < -0.3 is 20.4 Å². The average Bonchev–Trinajstić information content (AvgIpc) is 2.83. The minimum atomic E-state index is -0.285. The van der Waals surface area contributed by atoms with E-state index in [0.29, 0.717) is 29.4 Å². The van der Waals surface area contributed by atoms with Crippen LogP contribution in [-0.2, 0) is 6.54 Å². The van der Waals surface area contributed by atoms with Crippen LogP contribution in [-0.4, -0.2) is 37.5 Å². The highest BCUT2D eigenvalue weighted by Crippen LogP contribution is 2.29. The fraction of sp³-hybridized carbons (Fsp3) is 0.259. The van der Waals surface area contributed by atoms with Crippen LogP contribution in [0, 0.1) is 0 Å². The molecule has 0 saturated carbocycles. The summed E-state index contributed by atoms with van der Waals surface area (Å²) in [7, 11) is 3.91. The Labute approximate surface area is 206 Å². The van der Waals surface area contributed by atoms with E-state index in [1.807, 2.05) is 81.4 Å². The molecule has 178 valence electrons. The largest absolute Gasteiger partial charge is 0.377 e. The van der Waals surface area contributed by atoms with Crippen LogP contribution >= 0.6 is 11.6 Å². The Hall–Kier alpha value is -3.51. The van der Waals surface area contributed by atoms with Gasteiger partial charge in [-0.2, -0.15) is 0 Å². The Balaban J connectivity index is 1.93. The summed E-state index contributed by atoms with van der Waals surface area (Å²) in [5.41, 5.74) is 3.96. The number of carbonyl (C=O) groups excluding carboxylic acids is 2. The second kappa shape index (κ2) is 11.6. The zero-order valence-electron chi connectivity index (χ0n) is 20.0. The third-order valence-electron chi connectivity index (χ3n) is 5.62. The molecule has 0 aliphatic heterocycles. The van der Waals surface area contributed by atoms with Crippen molar-refractivity contribution in [2.45, 2.75) is 26.4 Å². The third kappa shape index (κ3) is 6.08. The lowest BCUT2D eigenvalue weighted by Gasteiger charge is -2.31. The molecule has 0 aliphatic carbocycles. The molecule has 0 heterocycles. The maximum absolute atomic E-state index is 13.0. The highest BCUT2D eigenvalue weighted by Gasteiger charge is 2.23. The number of nitrogens with one attached hydrogen (secondary N) is 2. The van der Waals surface area contributed by atoms with Crippen LogP contribution in [0.5, 0.6) is 0 Å². The predicted octanol–water partition coefficient (Wildman–Crippen LogP) is 5.95. The molecule has 0 spiro atoms. The van der Waals surface area contributed by atoms with Gasteiger partial charge in [0.25, 0.3) is 5.91 Å². The molecular formula is C27H31ClN4O2. The number of anilines is 2. The number of nitrogens with zero attached hydrogens (tertiary/aromatic N) is 2. The molecule has 7 heteroatoms. The van der Waals surface area contributed by atoms with Crippen LogP contribution in [0.25, 0.3) is 0 Å². The molecule has 1 unspecified atom stereocenters. The van der Waals surface area contributed by atoms with E-state index in [9.17, 15) is 9.59 Å². The van der Waals surface area contributed by atoms with Crippen molar-refractivity contribution in [2.24, 2.45) is 0 Å². The van der Waals surface area contributed by atoms with Gasteiger partial charge in [0, 0.05) is 32.0 Å². The molecular weight excluding hydrogens is 448 g/mol. The van der Waals surface area contributed by atoms with Gasteiger partial charge in [-0.25, -0.2) is 4.79 Å². The Bertz CT molecular complexity index is 1130. The van der Waals surface area contributed by atoms with Crippen LogP contribution < -0.4 is 15.5 Å². The zero-order chi connectivity index (χ0) is 24.7. The van der Waals surface area contributed by atoms with E-state index in [1.165, 1.54) is 0 Å². The van der Waals surface area contributed by atoms with Crippen molar-refractivity contribution >= 4 is 34.9 Å². The van der Waals surface area contributed by atoms with Gasteiger partial charge in [0.05, 0.1) is 23.2 Å². The van der Waals surface area contributed by atoms with E-state index in [4.69, 9.17) is 11.6 Å². The molecule has 3 rings (SSSR count). The number of carbonyl (C=O) groups is 2. The molecule has 3 amide bonds. The van der Waals surface area contributed by atoms with Crippen LogP contribution in [0.2, 0.25) is 5.02 Å². The number of amides is 3. The number of hydrogen-bond acceptors (Lipinski definition) is 3. The molecule has 0 aromatic heterocycles. The van der Waals surface area contributed by atoms with Gasteiger partial charge in [0.1, 0.15) is 0 Å². The van der Waals surface area contributed by atoms with E-state index in [2.05, 4.69) is 10.6 Å². The molecule has 3 aromatic rings. The summed E-state index contributed by atoms with van der Waals surface area (Å²) < 4.78 is 0. The normalized spacial score (nSPS) is 11.4. The van der Waals surface area contributed by atoms with Crippen molar-refractivity contribution in [3.63, 3.8) is 0 Å². The average molecular weight is 479 g/mol. The highest BCUT2D eigenvalue weighted by molar-refractivity contribution is 6.34. The monoisotopic (exact) mass is 478 g/mol. The molecule has 2 N–H and O–H groups in total. The lowest BCUT2D eigenvalue weighted by molar-refractivity contribution is 0.102. The van der Waals surface area contributed by atoms with Gasteiger partial charge in [-0.1, -0.05) is 54.1 Å². The predicted molar refractivity (Wildman–Crippen MR) is 140 cm³/mol. The quantitative estimate of drug-likeness (QED) is 0.420. The second-order valence-electron chi connectivity index (χ2n) is 8.22. The minimum Gasteiger partial charge on any atom is -0.377 e. The molecule has 0 fully saturated rings. The number of benzene rings is 3. The van der Waals surface area contributed by atoms with Gasteiger partial charge in [-0.3, -0.25) is 4.79 Å². The molecule has 0 saturated heterocycles. The maximum Gasteiger partial charge on any atom is 0.318 e. The summed E-state index contributed by atoms with van der Waals surface area (Å²) in [6, 6.07) is 22.3. The third-order valence-corrected chi connectivity index (χ3v) is 5.95. The number of hydrogen-bond donors (Lipinski definition) is 2. The van der Waals surface area contributed by atoms with Gasteiger partial charge >= 0.3 is 6.03 Å². The van der Waals surface area contributed by atoms with Crippen molar-refractivity contribution in [1.29, 1.82) is 0 Å². The van der Waals surface area contributed by atoms with Crippen LogP contribution in [0.3, 0.4) is 0 Å². The summed E-state index contributed by atoms with van der Waals surface area (Å²) in [5.74, 6) is -0.285. The zero-order valence-corrected chi connectivity index (χ0v) is 20.8. The first-order chi connectivity index (χ1) is 16.3. The first-order valence-corrected chi connectivity index (χ1v) is 11.6. The summed E-state index contributed by atoms with van der Waals surface area (Å²) >= 11 is 6.19. The van der Waals surface area contributed by atoms with E-state index in [-0.39, 0.29) is 18.0 Å². The smallest absolute Gasteiger partial charge is 0.318 e. The molecule has 0 radical (unpaired) electrons. The molecule has 0 aliphatic rings. The summed E-state index contributed by atoms with van der Waals surface area (Å²) in [5, 5.41) is 6.25. The van der Waals surface area contributed by atoms with Crippen molar-refractivity contribution in [3.8, 4) is 0 Å². The molecule has 3 aromatic carbocycles. The number of urea groups is 1. The SMILES string of the molecule is CCNC(=O)N(Cc1cc(NC(=O)c2ccccc2Cl)ccc1N(C)C)C(C)c1ccccc1. The minimum absolute atomic E-state index is 0.144. The summed E-state index contributed by atoms with van der Waals surface area (Å²) in [6.45, 7) is 4.82. The van der Waals surface area contributed by atoms with Gasteiger partial charge in [0.15, 0.2) is 0 Å². The van der Waals surface area contributed by atoms with E-state index in [1.54, 1.807) is 29.2 Å². The molecule has 0 bridgehead atoms. The molecule has 6 nitrogen and oxygen atoms in total. The topological polar surface area (TPSA) is 64.7 Å². The summed E-state index contributed by atoms with van der Waals surface area (Å²) in [6.07, 6.45) is 0. The fourth-order valence-electron chi connectivity index (χ4n) is 3.80. The van der Waals surface area contributed by atoms with Gasteiger partial charge in [-0.15, -0.1) is 0 Å².